The van der Waals surface area contributed by atoms with E-state index in [4.69, 9.17) is 0 Å². The van der Waals surface area contributed by atoms with Gasteiger partial charge < -0.3 is 5.32 Å². The maximum Gasteiger partial charge on any atom is 0.270 e. The fourth-order valence-electron chi connectivity index (χ4n) is 2.89. The number of thiophene rings is 1. The minimum absolute atomic E-state index is 0.0732. The Morgan fingerprint density at radius 3 is 2.75 bits per heavy atom. The molecule has 0 radical (unpaired) electrons. The van der Waals surface area contributed by atoms with Gasteiger partial charge in [0.2, 0.25) is 0 Å². The molecule has 3 rings (SSSR count). The molecule has 0 aromatic carbocycles. The number of carbonyl (C=O) groups is 1. The Labute approximate surface area is 123 Å². The molecule has 1 aliphatic rings. The molecule has 4 heteroatoms. The summed E-state index contributed by atoms with van der Waals surface area (Å²) in [5.74, 6) is 0.484. The monoisotopic (exact) mass is 286 g/mol. The maximum absolute atomic E-state index is 12.3. The average molecular weight is 286 g/mol. The molecule has 1 unspecified atom stereocenters. The zero-order valence-corrected chi connectivity index (χ0v) is 12.1. The first kappa shape index (κ1) is 13.3. The van der Waals surface area contributed by atoms with E-state index in [0.717, 1.165) is 0 Å². The molecule has 1 atom stereocenters. The standard InChI is InChI=1S/C16H18N2OS/c19-16(13-8-3-4-10-17-13)18-15(12-6-1-2-7-12)14-9-5-11-20-14/h3-5,8-12,15H,1-2,6-7H2,(H,18,19). The lowest BCUT2D eigenvalue weighted by Gasteiger charge is -2.23. The highest BCUT2D eigenvalue weighted by Crippen LogP contribution is 2.37. The van der Waals surface area contributed by atoms with Gasteiger partial charge in [0.05, 0.1) is 6.04 Å². The summed E-state index contributed by atoms with van der Waals surface area (Å²) in [6.45, 7) is 0. The van der Waals surface area contributed by atoms with Crippen molar-refractivity contribution in [2.45, 2.75) is 31.7 Å². The van der Waals surface area contributed by atoms with Crippen LogP contribution in [0, 0.1) is 5.92 Å². The van der Waals surface area contributed by atoms with E-state index in [1.807, 2.05) is 12.1 Å². The molecule has 1 saturated carbocycles. The second-order valence-electron chi connectivity index (χ2n) is 5.23. The van der Waals surface area contributed by atoms with Gasteiger partial charge in [0.25, 0.3) is 5.91 Å². The molecule has 2 aromatic rings. The molecule has 0 spiro atoms. The number of carbonyl (C=O) groups excluding carboxylic acids is 1. The van der Waals surface area contributed by atoms with Gasteiger partial charge in [0, 0.05) is 11.1 Å². The molecule has 0 aliphatic heterocycles. The fourth-order valence-corrected chi connectivity index (χ4v) is 3.76. The number of hydrogen-bond donors (Lipinski definition) is 1. The number of amides is 1. The van der Waals surface area contributed by atoms with E-state index in [0.29, 0.717) is 11.6 Å². The quantitative estimate of drug-likeness (QED) is 0.928. The summed E-state index contributed by atoms with van der Waals surface area (Å²) in [5.41, 5.74) is 0.493. The van der Waals surface area contributed by atoms with Crippen molar-refractivity contribution in [3.8, 4) is 0 Å². The molecule has 0 bridgehead atoms. The minimum Gasteiger partial charge on any atom is -0.343 e. The van der Waals surface area contributed by atoms with Gasteiger partial charge in [-0.3, -0.25) is 9.78 Å². The average Bonchev–Trinajstić information content (AvgIpc) is 3.19. The van der Waals surface area contributed by atoms with Gasteiger partial charge in [-0.25, -0.2) is 0 Å². The van der Waals surface area contributed by atoms with E-state index in [9.17, 15) is 4.79 Å². The Kier molecular flexibility index (Phi) is 4.11. The van der Waals surface area contributed by atoms with Crippen LogP contribution < -0.4 is 5.32 Å². The molecule has 3 nitrogen and oxygen atoms in total. The zero-order valence-electron chi connectivity index (χ0n) is 11.3. The van der Waals surface area contributed by atoms with Crippen molar-refractivity contribution in [2.24, 2.45) is 5.92 Å². The molecule has 1 N–H and O–H groups in total. The van der Waals surface area contributed by atoms with Gasteiger partial charge in [-0.1, -0.05) is 25.0 Å². The van der Waals surface area contributed by atoms with Gasteiger partial charge in [0.1, 0.15) is 5.69 Å². The Morgan fingerprint density at radius 2 is 2.10 bits per heavy atom. The third-order valence-electron chi connectivity index (χ3n) is 3.91. The van der Waals surface area contributed by atoms with Gasteiger partial charge >= 0.3 is 0 Å². The summed E-state index contributed by atoms with van der Waals surface area (Å²) in [6, 6.07) is 9.73. The van der Waals surface area contributed by atoms with Crippen molar-refractivity contribution < 1.29 is 4.79 Å². The SMILES string of the molecule is O=C(NC(c1cccs1)C1CCCC1)c1ccccn1. The second-order valence-corrected chi connectivity index (χ2v) is 6.21. The molecule has 1 fully saturated rings. The Hall–Kier alpha value is -1.68. The lowest BCUT2D eigenvalue weighted by Crippen LogP contribution is -2.32. The van der Waals surface area contributed by atoms with E-state index < -0.39 is 0 Å². The Balaban J connectivity index is 1.78. The first-order chi connectivity index (χ1) is 9.84. The first-order valence-corrected chi connectivity index (χ1v) is 7.98. The summed E-state index contributed by atoms with van der Waals surface area (Å²) in [5, 5.41) is 5.26. The molecular formula is C16H18N2OS. The molecular weight excluding hydrogens is 268 g/mol. The van der Waals surface area contributed by atoms with Crippen molar-refractivity contribution in [1.29, 1.82) is 0 Å². The van der Waals surface area contributed by atoms with Crippen LogP contribution in [0.5, 0.6) is 0 Å². The van der Waals surface area contributed by atoms with Crippen LogP contribution in [0.15, 0.2) is 41.9 Å². The first-order valence-electron chi connectivity index (χ1n) is 7.10. The van der Waals surface area contributed by atoms with Gasteiger partial charge in [0.15, 0.2) is 0 Å². The number of nitrogens with zero attached hydrogens (tertiary/aromatic N) is 1. The zero-order chi connectivity index (χ0) is 13.8. The van der Waals surface area contributed by atoms with Gasteiger partial charge in [-0.15, -0.1) is 11.3 Å². The largest absolute Gasteiger partial charge is 0.343 e. The van der Waals surface area contributed by atoms with Crippen LogP contribution in [-0.2, 0) is 0 Å². The van der Waals surface area contributed by atoms with Crippen LogP contribution in [-0.4, -0.2) is 10.9 Å². The number of nitrogens with one attached hydrogen (secondary N) is 1. The highest BCUT2D eigenvalue weighted by Gasteiger charge is 2.28. The molecule has 1 aliphatic carbocycles. The second kappa shape index (κ2) is 6.18. The van der Waals surface area contributed by atoms with Crippen LogP contribution in [0.25, 0.3) is 0 Å². The number of aromatic nitrogens is 1. The predicted octanol–water partition coefficient (Wildman–Crippen LogP) is 3.80. The summed E-state index contributed by atoms with van der Waals surface area (Å²) in [6.07, 6.45) is 6.60. The highest BCUT2D eigenvalue weighted by molar-refractivity contribution is 7.10. The normalized spacial score (nSPS) is 17.0. The maximum atomic E-state index is 12.3. The summed E-state index contributed by atoms with van der Waals surface area (Å²) < 4.78 is 0. The van der Waals surface area contributed by atoms with Crippen LogP contribution in [0.3, 0.4) is 0 Å². The van der Waals surface area contributed by atoms with Crippen molar-refractivity contribution in [1.82, 2.24) is 10.3 Å². The van der Waals surface area contributed by atoms with Crippen molar-refractivity contribution in [2.75, 3.05) is 0 Å². The van der Waals surface area contributed by atoms with Gasteiger partial charge in [-0.05, 0) is 42.3 Å². The van der Waals surface area contributed by atoms with Crippen molar-refractivity contribution in [3.05, 3.63) is 52.5 Å². The molecule has 2 aromatic heterocycles. The fraction of sp³-hybridized carbons (Fsp3) is 0.375. The minimum atomic E-state index is -0.0732. The number of hydrogen-bond acceptors (Lipinski definition) is 3. The molecule has 104 valence electrons. The third kappa shape index (κ3) is 2.90. The van der Waals surface area contributed by atoms with Crippen LogP contribution in [0.1, 0.15) is 47.1 Å². The Bertz CT molecular complexity index is 547. The third-order valence-corrected chi connectivity index (χ3v) is 4.86. The Morgan fingerprint density at radius 1 is 1.25 bits per heavy atom. The predicted molar refractivity (Wildman–Crippen MR) is 80.7 cm³/mol. The summed E-state index contributed by atoms with van der Waals surface area (Å²) in [4.78, 5) is 17.7. The topological polar surface area (TPSA) is 42.0 Å². The van der Waals surface area contributed by atoms with Crippen LogP contribution in [0.2, 0.25) is 0 Å². The van der Waals surface area contributed by atoms with E-state index in [2.05, 4.69) is 27.8 Å². The van der Waals surface area contributed by atoms with Crippen LogP contribution >= 0.6 is 11.3 Å². The van der Waals surface area contributed by atoms with Crippen molar-refractivity contribution in [3.63, 3.8) is 0 Å². The van der Waals surface area contributed by atoms with Crippen LogP contribution in [0.4, 0.5) is 0 Å². The summed E-state index contributed by atoms with van der Waals surface area (Å²) >= 11 is 1.72. The van der Waals surface area contributed by atoms with Gasteiger partial charge in [-0.2, -0.15) is 0 Å². The van der Waals surface area contributed by atoms with E-state index in [1.54, 1.807) is 23.6 Å². The number of pyridine rings is 1. The smallest absolute Gasteiger partial charge is 0.270 e. The highest BCUT2D eigenvalue weighted by atomic mass is 32.1. The molecule has 1 amide bonds. The van der Waals surface area contributed by atoms with E-state index in [-0.39, 0.29) is 11.9 Å². The van der Waals surface area contributed by atoms with E-state index in [1.165, 1.54) is 30.6 Å². The summed E-state index contributed by atoms with van der Waals surface area (Å²) in [7, 11) is 0. The van der Waals surface area contributed by atoms with E-state index >= 15 is 0 Å². The number of rotatable bonds is 4. The molecule has 2 heterocycles. The van der Waals surface area contributed by atoms with Crippen molar-refractivity contribution >= 4 is 17.2 Å². The molecule has 0 saturated heterocycles. The lowest BCUT2D eigenvalue weighted by molar-refractivity contribution is 0.0917. The lowest BCUT2D eigenvalue weighted by atomic mass is 9.96. The molecule has 20 heavy (non-hydrogen) atoms.